The second-order valence-electron chi connectivity index (χ2n) is 9.02. The van der Waals surface area contributed by atoms with Gasteiger partial charge in [-0.25, -0.2) is 4.39 Å². The summed E-state index contributed by atoms with van der Waals surface area (Å²) in [5, 5.41) is 23.3. The molecule has 9 heteroatoms. The Balaban J connectivity index is 1.92. The van der Waals surface area contributed by atoms with Gasteiger partial charge in [0.15, 0.2) is 0 Å². The Labute approximate surface area is 230 Å². The average molecular weight is 624 g/mol. The second-order valence-corrected chi connectivity index (χ2v) is 10.2. The standard InChI is InChI=1S/C28H34FIN2O5/c1-2-3-11-26(34)32(14-12-19-7-6-8-21(29)16-19)23-17-20(28(36)31-13-15-33)18-25(27(23)35)37-24-10-5-4-9-22(24)30/h4-10,16,18,23,25,27,33,35H,2-3,11-15,17H2,1H3,(H,31,36). The number of carbonyl (C=O) groups excluding carboxylic acids is 2. The minimum atomic E-state index is -1.09. The molecule has 0 heterocycles. The summed E-state index contributed by atoms with van der Waals surface area (Å²) in [6.07, 6.45) is 1.99. The summed E-state index contributed by atoms with van der Waals surface area (Å²) >= 11 is 2.14. The van der Waals surface area contributed by atoms with Crippen molar-refractivity contribution in [3.8, 4) is 5.75 Å². The van der Waals surface area contributed by atoms with Crippen molar-refractivity contribution in [3.05, 3.63) is 75.1 Å². The Hall–Kier alpha value is -2.50. The van der Waals surface area contributed by atoms with Gasteiger partial charge in [0.1, 0.15) is 23.8 Å². The van der Waals surface area contributed by atoms with E-state index in [1.54, 1.807) is 29.2 Å². The normalized spacial score (nSPS) is 19.2. The first-order chi connectivity index (χ1) is 17.8. The third-order valence-electron chi connectivity index (χ3n) is 6.31. The van der Waals surface area contributed by atoms with E-state index in [1.165, 1.54) is 12.1 Å². The lowest BCUT2D eigenvalue weighted by molar-refractivity contribution is -0.138. The van der Waals surface area contributed by atoms with Crippen LogP contribution in [0, 0.1) is 9.39 Å². The van der Waals surface area contributed by atoms with Gasteiger partial charge in [0.25, 0.3) is 0 Å². The summed E-state index contributed by atoms with van der Waals surface area (Å²) in [5.74, 6) is -0.306. The lowest BCUT2D eigenvalue weighted by atomic mass is 9.87. The van der Waals surface area contributed by atoms with Crippen molar-refractivity contribution in [1.82, 2.24) is 10.2 Å². The number of nitrogens with one attached hydrogen (secondary N) is 1. The van der Waals surface area contributed by atoms with Crippen LogP contribution in [0.2, 0.25) is 0 Å². The number of halogens is 2. The van der Waals surface area contributed by atoms with Gasteiger partial charge in [0, 0.05) is 31.5 Å². The Morgan fingerprint density at radius 3 is 2.70 bits per heavy atom. The zero-order valence-electron chi connectivity index (χ0n) is 20.9. The van der Waals surface area contributed by atoms with Crippen LogP contribution in [0.15, 0.2) is 60.2 Å². The summed E-state index contributed by atoms with van der Waals surface area (Å²) in [5.41, 5.74) is 1.11. The maximum Gasteiger partial charge on any atom is 0.247 e. The van der Waals surface area contributed by atoms with Gasteiger partial charge in [-0.15, -0.1) is 0 Å². The minimum absolute atomic E-state index is 0.0875. The molecule has 3 N–H and O–H groups in total. The van der Waals surface area contributed by atoms with Gasteiger partial charge in [0.05, 0.1) is 16.2 Å². The number of benzene rings is 2. The van der Waals surface area contributed by atoms with Crippen LogP contribution in [0.25, 0.3) is 0 Å². The monoisotopic (exact) mass is 624 g/mol. The largest absolute Gasteiger partial charge is 0.482 e. The molecule has 0 fully saturated rings. The summed E-state index contributed by atoms with van der Waals surface area (Å²) in [6.45, 7) is 2.14. The first-order valence-corrected chi connectivity index (χ1v) is 13.6. The van der Waals surface area contributed by atoms with E-state index in [-0.39, 0.29) is 43.7 Å². The molecular weight excluding hydrogens is 590 g/mol. The highest BCUT2D eigenvalue weighted by Gasteiger charge is 2.40. The van der Waals surface area contributed by atoms with Crippen molar-refractivity contribution in [2.24, 2.45) is 0 Å². The highest BCUT2D eigenvalue weighted by Crippen LogP contribution is 2.30. The number of unbranched alkanes of at least 4 members (excludes halogenated alkanes) is 1. The van der Waals surface area contributed by atoms with Crippen molar-refractivity contribution in [3.63, 3.8) is 0 Å². The highest BCUT2D eigenvalue weighted by molar-refractivity contribution is 14.1. The van der Waals surface area contributed by atoms with Gasteiger partial charge in [-0.3, -0.25) is 9.59 Å². The SMILES string of the molecule is CCCCC(=O)N(CCc1cccc(F)c1)C1CC(C(=O)NCCO)=CC(Oc2ccccc2I)C1O. The number of amides is 2. The Bertz CT molecular complexity index is 1100. The molecule has 0 aliphatic heterocycles. The van der Waals surface area contributed by atoms with Gasteiger partial charge in [-0.2, -0.15) is 0 Å². The third kappa shape index (κ3) is 8.24. The number of carbonyl (C=O) groups is 2. The van der Waals surface area contributed by atoms with E-state index < -0.39 is 18.2 Å². The van der Waals surface area contributed by atoms with Crippen molar-refractivity contribution in [1.29, 1.82) is 0 Å². The summed E-state index contributed by atoms with van der Waals surface area (Å²) < 4.78 is 20.8. The maximum absolute atomic E-state index is 13.8. The van der Waals surface area contributed by atoms with Gasteiger partial charge in [-0.1, -0.05) is 37.6 Å². The van der Waals surface area contributed by atoms with Crippen LogP contribution >= 0.6 is 22.6 Å². The van der Waals surface area contributed by atoms with E-state index in [9.17, 15) is 19.1 Å². The summed E-state index contributed by atoms with van der Waals surface area (Å²) in [6, 6.07) is 12.9. The van der Waals surface area contributed by atoms with Crippen molar-refractivity contribution >= 4 is 34.4 Å². The molecule has 0 radical (unpaired) electrons. The first kappa shape index (κ1) is 29.1. The molecule has 0 bridgehead atoms. The molecule has 3 rings (SSSR count). The summed E-state index contributed by atoms with van der Waals surface area (Å²) in [7, 11) is 0. The number of ether oxygens (including phenoxy) is 1. The van der Waals surface area contributed by atoms with Crippen LogP contribution in [0.4, 0.5) is 4.39 Å². The molecular formula is C28H34FIN2O5. The number of hydrogen-bond donors (Lipinski definition) is 3. The van der Waals surface area contributed by atoms with Gasteiger partial charge >= 0.3 is 0 Å². The molecule has 0 aromatic heterocycles. The van der Waals surface area contributed by atoms with Gasteiger partial charge < -0.3 is 25.2 Å². The molecule has 200 valence electrons. The smallest absolute Gasteiger partial charge is 0.247 e. The lowest BCUT2D eigenvalue weighted by Gasteiger charge is -2.40. The molecule has 2 aromatic rings. The van der Waals surface area contributed by atoms with Crippen LogP contribution in [0.1, 0.15) is 38.2 Å². The zero-order valence-corrected chi connectivity index (χ0v) is 23.1. The lowest BCUT2D eigenvalue weighted by Crippen LogP contribution is -2.55. The quantitative estimate of drug-likeness (QED) is 0.314. The minimum Gasteiger partial charge on any atom is -0.482 e. The van der Waals surface area contributed by atoms with E-state index in [0.29, 0.717) is 30.6 Å². The number of aliphatic hydroxyl groups excluding tert-OH is 2. The Morgan fingerprint density at radius 1 is 1.22 bits per heavy atom. The molecule has 1 aliphatic carbocycles. The molecule has 7 nitrogen and oxygen atoms in total. The molecule has 3 atom stereocenters. The predicted molar refractivity (Wildman–Crippen MR) is 148 cm³/mol. The van der Waals surface area contributed by atoms with Gasteiger partial charge in [0.2, 0.25) is 11.8 Å². The zero-order chi connectivity index (χ0) is 26.8. The third-order valence-corrected chi connectivity index (χ3v) is 7.20. The topological polar surface area (TPSA) is 99.1 Å². The van der Waals surface area contributed by atoms with Crippen molar-refractivity contribution < 1.29 is 28.9 Å². The second kappa shape index (κ2) is 14.4. The molecule has 1 aliphatic rings. The number of para-hydroxylation sites is 1. The van der Waals surface area contributed by atoms with E-state index >= 15 is 0 Å². The molecule has 0 saturated carbocycles. The van der Waals surface area contributed by atoms with E-state index in [0.717, 1.165) is 15.6 Å². The van der Waals surface area contributed by atoms with Crippen LogP contribution in [-0.4, -0.2) is 64.9 Å². The van der Waals surface area contributed by atoms with Crippen molar-refractivity contribution in [2.45, 2.75) is 57.3 Å². The van der Waals surface area contributed by atoms with Crippen LogP contribution < -0.4 is 10.1 Å². The number of rotatable bonds is 12. The maximum atomic E-state index is 13.8. The average Bonchev–Trinajstić information content (AvgIpc) is 2.89. The fraction of sp³-hybridized carbons (Fsp3) is 0.429. The van der Waals surface area contributed by atoms with E-state index in [4.69, 9.17) is 9.84 Å². The molecule has 2 amide bonds. The van der Waals surface area contributed by atoms with Gasteiger partial charge in [-0.05, 0) is 71.3 Å². The highest BCUT2D eigenvalue weighted by atomic mass is 127. The number of aliphatic hydroxyl groups is 2. The van der Waals surface area contributed by atoms with E-state index in [2.05, 4.69) is 27.9 Å². The number of nitrogens with zero attached hydrogens (tertiary/aromatic N) is 1. The molecule has 0 spiro atoms. The fourth-order valence-corrected chi connectivity index (χ4v) is 4.87. The Kier molecular flexibility index (Phi) is 11.3. The van der Waals surface area contributed by atoms with Crippen LogP contribution in [0.3, 0.4) is 0 Å². The summed E-state index contributed by atoms with van der Waals surface area (Å²) in [4.78, 5) is 27.8. The molecule has 2 aromatic carbocycles. The van der Waals surface area contributed by atoms with Crippen LogP contribution in [0.5, 0.6) is 5.75 Å². The molecule has 0 saturated heterocycles. The van der Waals surface area contributed by atoms with Crippen LogP contribution in [-0.2, 0) is 16.0 Å². The van der Waals surface area contributed by atoms with E-state index in [1.807, 2.05) is 25.1 Å². The Morgan fingerprint density at radius 2 is 2.00 bits per heavy atom. The molecule has 3 unspecified atom stereocenters. The predicted octanol–water partition coefficient (Wildman–Crippen LogP) is 3.61. The molecule has 37 heavy (non-hydrogen) atoms. The van der Waals surface area contributed by atoms with Crippen molar-refractivity contribution in [2.75, 3.05) is 19.7 Å². The fourth-order valence-electron chi connectivity index (χ4n) is 4.36. The number of hydrogen-bond acceptors (Lipinski definition) is 5. The first-order valence-electron chi connectivity index (χ1n) is 12.6.